The first kappa shape index (κ1) is 13.4. The molecule has 1 aromatic heterocycles. The van der Waals surface area contributed by atoms with Crippen LogP contribution in [0.5, 0.6) is 17.2 Å². The van der Waals surface area contributed by atoms with E-state index in [9.17, 15) is 4.79 Å². The Kier molecular flexibility index (Phi) is 3.48. The van der Waals surface area contributed by atoms with E-state index < -0.39 is 0 Å². The quantitative estimate of drug-likeness (QED) is 0.941. The Balaban J connectivity index is 1.84. The zero-order valence-corrected chi connectivity index (χ0v) is 11.9. The van der Waals surface area contributed by atoms with Gasteiger partial charge in [-0.2, -0.15) is 0 Å². The Labute approximate surface area is 122 Å². The molecule has 21 heavy (non-hydrogen) atoms. The van der Waals surface area contributed by atoms with Crippen molar-refractivity contribution < 1.29 is 14.3 Å². The van der Waals surface area contributed by atoms with Gasteiger partial charge in [0.05, 0.1) is 6.61 Å². The molecule has 3 rings (SSSR count). The second kappa shape index (κ2) is 5.44. The molecule has 2 aromatic rings. The molecule has 0 fully saturated rings. The van der Waals surface area contributed by atoms with E-state index in [0.717, 1.165) is 17.1 Å². The molecule has 0 saturated heterocycles. The van der Waals surface area contributed by atoms with Crippen molar-refractivity contribution in [2.75, 3.05) is 13.7 Å². The summed E-state index contributed by atoms with van der Waals surface area (Å²) in [5.41, 5.74) is 1.47. The lowest BCUT2D eigenvalue weighted by molar-refractivity contribution is 0.0958. The van der Waals surface area contributed by atoms with E-state index in [4.69, 9.17) is 9.47 Å². The fourth-order valence-corrected chi connectivity index (χ4v) is 2.27. The highest BCUT2D eigenvalue weighted by Gasteiger charge is 2.20. The van der Waals surface area contributed by atoms with Gasteiger partial charge in [0, 0.05) is 30.8 Å². The van der Waals surface area contributed by atoms with Gasteiger partial charge in [-0.25, -0.2) is 0 Å². The van der Waals surface area contributed by atoms with Gasteiger partial charge in [-0.15, -0.1) is 0 Å². The number of benzene rings is 1. The number of fused-ring (bicyclic) bond motifs is 1. The SMILES string of the molecule is CNC(=O)c1cc(Oc2ccc3c(c2)[C@H](C)CO3)ccn1. The number of amides is 1. The summed E-state index contributed by atoms with van der Waals surface area (Å²) in [5, 5.41) is 2.54. The van der Waals surface area contributed by atoms with Crippen molar-refractivity contribution in [2.45, 2.75) is 12.8 Å². The number of pyridine rings is 1. The van der Waals surface area contributed by atoms with Crippen molar-refractivity contribution in [3.63, 3.8) is 0 Å². The molecule has 1 amide bonds. The summed E-state index contributed by atoms with van der Waals surface area (Å²) in [5.74, 6) is 2.34. The second-order valence-corrected chi connectivity index (χ2v) is 4.97. The first-order valence-electron chi connectivity index (χ1n) is 6.80. The highest BCUT2D eigenvalue weighted by Crippen LogP contribution is 2.37. The van der Waals surface area contributed by atoms with Crippen molar-refractivity contribution in [1.29, 1.82) is 0 Å². The summed E-state index contributed by atoms with van der Waals surface area (Å²) in [6, 6.07) is 9.09. The predicted molar refractivity (Wildman–Crippen MR) is 78.1 cm³/mol. The highest BCUT2D eigenvalue weighted by atomic mass is 16.5. The van der Waals surface area contributed by atoms with E-state index in [1.807, 2.05) is 18.2 Å². The molecule has 0 spiro atoms. The summed E-state index contributed by atoms with van der Waals surface area (Å²) in [7, 11) is 1.57. The first-order chi connectivity index (χ1) is 10.2. The lowest BCUT2D eigenvalue weighted by Crippen LogP contribution is -2.18. The number of hydrogen-bond acceptors (Lipinski definition) is 4. The van der Waals surface area contributed by atoms with Gasteiger partial charge in [-0.3, -0.25) is 9.78 Å². The van der Waals surface area contributed by atoms with E-state index in [-0.39, 0.29) is 5.91 Å². The molecule has 5 heteroatoms. The molecule has 1 aliphatic heterocycles. The van der Waals surface area contributed by atoms with Gasteiger partial charge < -0.3 is 14.8 Å². The zero-order valence-electron chi connectivity index (χ0n) is 11.9. The standard InChI is InChI=1S/C16H16N2O3/c1-10-9-20-15-4-3-11(7-13(10)15)21-12-5-6-18-14(8-12)16(19)17-2/h3-8,10H,9H2,1-2H3,(H,17,19)/t10-/m1/s1. The largest absolute Gasteiger partial charge is 0.493 e. The monoisotopic (exact) mass is 284 g/mol. The Morgan fingerprint density at radius 2 is 2.14 bits per heavy atom. The maximum absolute atomic E-state index is 11.6. The third-order valence-corrected chi connectivity index (χ3v) is 3.43. The summed E-state index contributed by atoms with van der Waals surface area (Å²) in [6.45, 7) is 2.82. The summed E-state index contributed by atoms with van der Waals surface area (Å²) >= 11 is 0. The van der Waals surface area contributed by atoms with Gasteiger partial charge in [0.1, 0.15) is 22.9 Å². The van der Waals surface area contributed by atoms with Crippen LogP contribution in [0.4, 0.5) is 0 Å². The van der Waals surface area contributed by atoms with Crippen molar-refractivity contribution in [2.24, 2.45) is 0 Å². The van der Waals surface area contributed by atoms with Crippen LogP contribution in [0.1, 0.15) is 28.9 Å². The fraction of sp³-hybridized carbons (Fsp3) is 0.250. The van der Waals surface area contributed by atoms with Crippen LogP contribution in [0, 0.1) is 0 Å². The van der Waals surface area contributed by atoms with Gasteiger partial charge in [0.25, 0.3) is 5.91 Å². The van der Waals surface area contributed by atoms with Gasteiger partial charge in [0.2, 0.25) is 0 Å². The number of nitrogens with zero attached hydrogens (tertiary/aromatic N) is 1. The summed E-state index contributed by atoms with van der Waals surface area (Å²) < 4.78 is 11.4. The average Bonchev–Trinajstić information content (AvgIpc) is 2.88. The number of nitrogens with one attached hydrogen (secondary N) is 1. The van der Waals surface area contributed by atoms with E-state index in [1.165, 1.54) is 0 Å². The minimum atomic E-state index is -0.239. The molecule has 108 valence electrons. The lowest BCUT2D eigenvalue weighted by atomic mass is 10.0. The molecular formula is C16H16N2O3. The Bertz CT molecular complexity index is 685. The molecule has 0 unspecified atom stereocenters. The molecule has 5 nitrogen and oxygen atoms in total. The van der Waals surface area contributed by atoms with Crippen LogP contribution in [0.25, 0.3) is 0 Å². The van der Waals surface area contributed by atoms with E-state index in [1.54, 1.807) is 25.4 Å². The van der Waals surface area contributed by atoms with E-state index in [0.29, 0.717) is 24.0 Å². The van der Waals surface area contributed by atoms with Crippen LogP contribution >= 0.6 is 0 Å². The maximum atomic E-state index is 11.6. The molecule has 0 saturated carbocycles. The van der Waals surface area contributed by atoms with Gasteiger partial charge >= 0.3 is 0 Å². The molecule has 1 aliphatic rings. The minimum absolute atomic E-state index is 0.239. The van der Waals surface area contributed by atoms with Crippen molar-refractivity contribution in [3.05, 3.63) is 47.8 Å². The fourth-order valence-electron chi connectivity index (χ4n) is 2.27. The summed E-state index contributed by atoms with van der Waals surface area (Å²) in [6.07, 6.45) is 1.55. The lowest BCUT2D eigenvalue weighted by Gasteiger charge is -2.09. The number of aromatic nitrogens is 1. The number of carbonyl (C=O) groups is 1. The number of ether oxygens (including phenoxy) is 2. The number of carbonyl (C=O) groups excluding carboxylic acids is 1. The molecular weight excluding hydrogens is 268 g/mol. The van der Waals surface area contributed by atoms with Crippen LogP contribution in [0.3, 0.4) is 0 Å². The molecule has 1 N–H and O–H groups in total. The number of rotatable bonds is 3. The van der Waals surface area contributed by atoms with Crippen LogP contribution in [-0.4, -0.2) is 24.5 Å². The molecule has 0 bridgehead atoms. The highest BCUT2D eigenvalue weighted by molar-refractivity contribution is 5.92. The Hall–Kier alpha value is -2.56. The van der Waals surface area contributed by atoms with Crippen molar-refractivity contribution in [3.8, 4) is 17.2 Å². The molecule has 0 radical (unpaired) electrons. The van der Waals surface area contributed by atoms with Crippen LogP contribution in [-0.2, 0) is 0 Å². The molecule has 1 atom stereocenters. The van der Waals surface area contributed by atoms with Gasteiger partial charge in [-0.1, -0.05) is 6.92 Å². The topological polar surface area (TPSA) is 60.5 Å². The zero-order chi connectivity index (χ0) is 14.8. The first-order valence-corrected chi connectivity index (χ1v) is 6.80. The predicted octanol–water partition coefficient (Wildman–Crippen LogP) is 2.73. The summed E-state index contributed by atoms with van der Waals surface area (Å²) in [4.78, 5) is 15.6. The van der Waals surface area contributed by atoms with Crippen LogP contribution < -0.4 is 14.8 Å². The van der Waals surface area contributed by atoms with E-state index in [2.05, 4.69) is 17.2 Å². The van der Waals surface area contributed by atoms with Gasteiger partial charge in [-0.05, 0) is 24.3 Å². The second-order valence-electron chi connectivity index (χ2n) is 4.97. The third kappa shape index (κ3) is 2.67. The van der Waals surface area contributed by atoms with Crippen LogP contribution in [0.2, 0.25) is 0 Å². The third-order valence-electron chi connectivity index (χ3n) is 3.43. The van der Waals surface area contributed by atoms with Gasteiger partial charge in [0.15, 0.2) is 0 Å². The molecule has 2 heterocycles. The average molecular weight is 284 g/mol. The molecule has 1 aromatic carbocycles. The number of hydrogen-bond donors (Lipinski definition) is 1. The Morgan fingerprint density at radius 3 is 2.95 bits per heavy atom. The Morgan fingerprint density at radius 1 is 1.33 bits per heavy atom. The maximum Gasteiger partial charge on any atom is 0.269 e. The van der Waals surface area contributed by atoms with E-state index >= 15 is 0 Å². The van der Waals surface area contributed by atoms with Crippen molar-refractivity contribution >= 4 is 5.91 Å². The van der Waals surface area contributed by atoms with Crippen molar-refractivity contribution in [1.82, 2.24) is 10.3 Å². The smallest absolute Gasteiger partial charge is 0.269 e. The van der Waals surface area contributed by atoms with Crippen LogP contribution in [0.15, 0.2) is 36.5 Å². The minimum Gasteiger partial charge on any atom is -0.493 e. The normalized spacial score (nSPS) is 16.0. The molecule has 0 aliphatic carbocycles.